The molecule has 1 aromatic rings. The van der Waals surface area contributed by atoms with Gasteiger partial charge in [-0.25, -0.2) is 0 Å². The number of rotatable bonds is 4. The molecule has 0 bridgehead atoms. The topological polar surface area (TPSA) is 52.6 Å². The minimum atomic E-state index is 0.0740. The lowest BCUT2D eigenvalue weighted by Crippen LogP contribution is -1.95. The molecule has 0 spiro atoms. The first-order chi connectivity index (χ1) is 7.77. The van der Waals surface area contributed by atoms with Gasteiger partial charge in [-0.1, -0.05) is 11.6 Å². The van der Waals surface area contributed by atoms with E-state index in [2.05, 4.69) is 0 Å². The standard InChI is InChI=1S/C11H9ClO4/c12-9-4-7(5-14)10-11(16-6-15-10)8(9)2-1-3-13/h3-5H,1-2,6H2. The van der Waals surface area contributed by atoms with Gasteiger partial charge in [0, 0.05) is 17.0 Å². The molecule has 0 atom stereocenters. The molecule has 5 heteroatoms. The zero-order valence-electron chi connectivity index (χ0n) is 8.36. The van der Waals surface area contributed by atoms with Gasteiger partial charge in [0.2, 0.25) is 6.79 Å². The summed E-state index contributed by atoms with van der Waals surface area (Å²) in [4.78, 5) is 21.1. The first-order valence-electron chi connectivity index (χ1n) is 4.77. The van der Waals surface area contributed by atoms with Crippen molar-refractivity contribution in [3.05, 3.63) is 22.2 Å². The van der Waals surface area contributed by atoms with E-state index < -0.39 is 0 Å². The molecular formula is C11H9ClO4. The van der Waals surface area contributed by atoms with Crippen LogP contribution in [0, 0.1) is 0 Å². The van der Waals surface area contributed by atoms with Gasteiger partial charge in [0.05, 0.1) is 5.56 Å². The van der Waals surface area contributed by atoms with Crippen molar-refractivity contribution in [2.75, 3.05) is 6.79 Å². The van der Waals surface area contributed by atoms with Crippen molar-refractivity contribution in [1.82, 2.24) is 0 Å². The van der Waals surface area contributed by atoms with Crippen LogP contribution in [0.15, 0.2) is 6.07 Å². The average molecular weight is 241 g/mol. The van der Waals surface area contributed by atoms with Crippen molar-refractivity contribution >= 4 is 24.2 Å². The van der Waals surface area contributed by atoms with Crippen LogP contribution in [0.25, 0.3) is 0 Å². The lowest BCUT2D eigenvalue weighted by molar-refractivity contribution is -0.107. The Morgan fingerprint density at radius 2 is 2.06 bits per heavy atom. The Morgan fingerprint density at radius 1 is 1.31 bits per heavy atom. The molecule has 4 nitrogen and oxygen atoms in total. The fourth-order valence-electron chi connectivity index (χ4n) is 1.64. The summed E-state index contributed by atoms with van der Waals surface area (Å²) in [6, 6.07) is 1.53. The molecule has 1 aliphatic rings. The van der Waals surface area contributed by atoms with Crippen LogP contribution in [-0.2, 0) is 11.2 Å². The van der Waals surface area contributed by atoms with Crippen LogP contribution in [0.3, 0.4) is 0 Å². The highest BCUT2D eigenvalue weighted by Crippen LogP contribution is 2.42. The molecule has 0 saturated carbocycles. The van der Waals surface area contributed by atoms with Crippen molar-refractivity contribution < 1.29 is 19.1 Å². The second kappa shape index (κ2) is 4.53. The molecule has 2 rings (SSSR count). The molecule has 0 unspecified atom stereocenters. The zero-order chi connectivity index (χ0) is 11.5. The number of carbonyl (C=O) groups is 2. The third-order valence-electron chi connectivity index (χ3n) is 2.36. The van der Waals surface area contributed by atoms with Crippen LogP contribution in [0.5, 0.6) is 11.5 Å². The second-order valence-corrected chi connectivity index (χ2v) is 3.72. The Balaban J connectivity index is 2.49. The predicted molar refractivity (Wildman–Crippen MR) is 57.3 cm³/mol. The summed E-state index contributed by atoms with van der Waals surface area (Å²) in [6.07, 6.45) is 2.32. The van der Waals surface area contributed by atoms with Gasteiger partial charge in [0.1, 0.15) is 6.29 Å². The van der Waals surface area contributed by atoms with E-state index >= 15 is 0 Å². The van der Waals surface area contributed by atoms with E-state index in [0.717, 1.165) is 6.29 Å². The third kappa shape index (κ3) is 1.76. The molecule has 1 aliphatic heterocycles. The number of aldehydes is 2. The number of halogens is 1. The minimum Gasteiger partial charge on any atom is -0.453 e. The summed E-state index contributed by atoms with van der Waals surface area (Å²) < 4.78 is 10.5. The number of hydrogen-bond acceptors (Lipinski definition) is 4. The molecule has 1 heterocycles. The highest BCUT2D eigenvalue weighted by Gasteiger charge is 2.24. The molecule has 0 amide bonds. The van der Waals surface area contributed by atoms with E-state index in [1.165, 1.54) is 6.07 Å². The van der Waals surface area contributed by atoms with Crippen molar-refractivity contribution in [1.29, 1.82) is 0 Å². The molecule has 0 fully saturated rings. The van der Waals surface area contributed by atoms with Gasteiger partial charge in [-0.05, 0) is 12.5 Å². The summed E-state index contributed by atoms with van der Waals surface area (Å²) in [5, 5.41) is 0.424. The fourth-order valence-corrected chi connectivity index (χ4v) is 1.94. The Morgan fingerprint density at radius 3 is 2.75 bits per heavy atom. The maximum atomic E-state index is 10.8. The summed E-state index contributed by atoms with van der Waals surface area (Å²) in [5.74, 6) is 0.900. The normalized spacial score (nSPS) is 12.6. The average Bonchev–Trinajstić information content (AvgIpc) is 2.76. The fraction of sp³-hybridized carbons (Fsp3) is 0.273. The Kier molecular flexibility index (Phi) is 3.10. The van der Waals surface area contributed by atoms with Gasteiger partial charge in [-0.3, -0.25) is 4.79 Å². The Hall–Kier alpha value is -1.55. The molecule has 1 aromatic carbocycles. The quantitative estimate of drug-likeness (QED) is 0.756. The first kappa shape index (κ1) is 11.0. The predicted octanol–water partition coefficient (Wildman–Crippen LogP) is 2.01. The molecule has 0 N–H and O–H groups in total. The van der Waals surface area contributed by atoms with Gasteiger partial charge < -0.3 is 14.3 Å². The number of fused-ring (bicyclic) bond motifs is 1. The third-order valence-corrected chi connectivity index (χ3v) is 2.70. The highest BCUT2D eigenvalue weighted by molar-refractivity contribution is 6.32. The number of benzene rings is 1. The first-order valence-corrected chi connectivity index (χ1v) is 5.15. The zero-order valence-corrected chi connectivity index (χ0v) is 9.12. The molecule has 0 aliphatic carbocycles. The minimum absolute atomic E-state index is 0.0740. The van der Waals surface area contributed by atoms with E-state index in [0.29, 0.717) is 46.8 Å². The number of ether oxygens (including phenoxy) is 2. The molecule has 0 radical (unpaired) electrons. The van der Waals surface area contributed by atoms with Crippen LogP contribution >= 0.6 is 11.6 Å². The number of hydrogen-bond donors (Lipinski definition) is 0. The van der Waals surface area contributed by atoms with Crippen LogP contribution < -0.4 is 9.47 Å². The van der Waals surface area contributed by atoms with E-state index in [9.17, 15) is 9.59 Å². The molecule has 16 heavy (non-hydrogen) atoms. The van der Waals surface area contributed by atoms with Crippen molar-refractivity contribution in [2.24, 2.45) is 0 Å². The monoisotopic (exact) mass is 240 g/mol. The largest absolute Gasteiger partial charge is 0.453 e. The highest BCUT2D eigenvalue weighted by atomic mass is 35.5. The van der Waals surface area contributed by atoms with Gasteiger partial charge >= 0.3 is 0 Å². The summed E-state index contributed by atoms with van der Waals surface area (Å²) >= 11 is 6.02. The van der Waals surface area contributed by atoms with Gasteiger partial charge in [0.25, 0.3) is 0 Å². The lowest BCUT2D eigenvalue weighted by atomic mass is 10.1. The van der Waals surface area contributed by atoms with Gasteiger partial charge in [-0.2, -0.15) is 0 Å². The maximum Gasteiger partial charge on any atom is 0.231 e. The SMILES string of the molecule is O=CCCc1c(Cl)cc(C=O)c2c1OCO2. The van der Waals surface area contributed by atoms with E-state index in [1.54, 1.807) is 0 Å². The summed E-state index contributed by atoms with van der Waals surface area (Å²) in [5.41, 5.74) is 1.08. The van der Waals surface area contributed by atoms with E-state index in [-0.39, 0.29) is 6.79 Å². The Bertz CT molecular complexity index is 442. The second-order valence-electron chi connectivity index (χ2n) is 3.31. The van der Waals surface area contributed by atoms with Crippen LogP contribution in [0.4, 0.5) is 0 Å². The number of carbonyl (C=O) groups excluding carboxylic acids is 2. The van der Waals surface area contributed by atoms with E-state index in [4.69, 9.17) is 21.1 Å². The van der Waals surface area contributed by atoms with Crippen molar-refractivity contribution in [3.63, 3.8) is 0 Å². The van der Waals surface area contributed by atoms with Crippen molar-refractivity contribution in [2.45, 2.75) is 12.8 Å². The maximum absolute atomic E-state index is 10.8. The van der Waals surface area contributed by atoms with Crippen LogP contribution in [0.2, 0.25) is 5.02 Å². The Labute approximate surface area is 97.1 Å². The summed E-state index contributed by atoms with van der Waals surface area (Å²) in [7, 11) is 0. The lowest BCUT2D eigenvalue weighted by Gasteiger charge is -2.08. The molecule has 84 valence electrons. The van der Waals surface area contributed by atoms with Crippen LogP contribution in [0.1, 0.15) is 22.3 Å². The van der Waals surface area contributed by atoms with E-state index in [1.807, 2.05) is 0 Å². The van der Waals surface area contributed by atoms with Crippen molar-refractivity contribution in [3.8, 4) is 11.5 Å². The van der Waals surface area contributed by atoms with Gasteiger partial charge in [0.15, 0.2) is 17.8 Å². The summed E-state index contributed by atoms with van der Waals surface area (Å²) in [6.45, 7) is 0.0740. The van der Waals surface area contributed by atoms with Crippen LogP contribution in [-0.4, -0.2) is 19.4 Å². The van der Waals surface area contributed by atoms with Gasteiger partial charge in [-0.15, -0.1) is 0 Å². The smallest absolute Gasteiger partial charge is 0.231 e. The molecule has 0 saturated heterocycles. The molecular weight excluding hydrogens is 232 g/mol. The molecule has 0 aromatic heterocycles.